The lowest BCUT2D eigenvalue weighted by atomic mass is 10.2. The zero-order chi connectivity index (χ0) is 15.5. The van der Waals surface area contributed by atoms with Crippen molar-refractivity contribution in [2.45, 2.75) is 6.54 Å². The molecule has 0 atom stereocenters. The van der Waals surface area contributed by atoms with Crippen LogP contribution in [0.4, 0.5) is 0 Å². The maximum atomic E-state index is 12.1. The van der Waals surface area contributed by atoms with Crippen LogP contribution in [0.5, 0.6) is 5.75 Å². The van der Waals surface area contributed by atoms with Crippen molar-refractivity contribution in [2.24, 2.45) is 0 Å². The molecular formula is C16H13NO4S. The van der Waals surface area contributed by atoms with E-state index in [1.807, 2.05) is 17.5 Å². The number of carbonyl (C=O) groups is 1. The van der Waals surface area contributed by atoms with Gasteiger partial charge in [-0.15, -0.1) is 11.3 Å². The minimum atomic E-state index is -0.421. The first-order chi connectivity index (χ1) is 10.7. The van der Waals surface area contributed by atoms with Gasteiger partial charge in [0, 0.05) is 17.0 Å². The van der Waals surface area contributed by atoms with Gasteiger partial charge in [-0.2, -0.15) is 0 Å². The summed E-state index contributed by atoms with van der Waals surface area (Å²) in [6.07, 6.45) is 0. The summed E-state index contributed by atoms with van der Waals surface area (Å²) in [5.74, 6) is 0.129. The van der Waals surface area contributed by atoms with Crippen molar-refractivity contribution in [3.8, 4) is 5.75 Å². The Morgan fingerprint density at radius 1 is 1.32 bits per heavy atom. The van der Waals surface area contributed by atoms with E-state index in [-0.39, 0.29) is 11.2 Å². The van der Waals surface area contributed by atoms with E-state index in [0.29, 0.717) is 23.3 Å². The lowest BCUT2D eigenvalue weighted by Gasteiger charge is -2.05. The summed E-state index contributed by atoms with van der Waals surface area (Å²) >= 11 is 1.55. The Hall–Kier alpha value is -2.60. The number of hydrogen-bond donors (Lipinski definition) is 1. The van der Waals surface area contributed by atoms with Gasteiger partial charge in [-0.3, -0.25) is 9.59 Å². The molecule has 1 amide bonds. The topological polar surface area (TPSA) is 68.5 Å². The summed E-state index contributed by atoms with van der Waals surface area (Å²) < 4.78 is 10.6. The zero-order valence-corrected chi connectivity index (χ0v) is 12.6. The first-order valence-electron chi connectivity index (χ1n) is 6.60. The number of hydrogen-bond acceptors (Lipinski definition) is 5. The molecule has 1 aromatic carbocycles. The number of benzene rings is 1. The number of amides is 1. The molecule has 0 saturated heterocycles. The van der Waals surface area contributed by atoms with Crippen molar-refractivity contribution in [1.82, 2.24) is 5.32 Å². The highest BCUT2D eigenvalue weighted by Gasteiger charge is 2.12. The van der Waals surface area contributed by atoms with Gasteiger partial charge < -0.3 is 14.5 Å². The van der Waals surface area contributed by atoms with E-state index in [9.17, 15) is 9.59 Å². The Kier molecular flexibility index (Phi) is 3.93. The van der Waals surface area contributed by atoms with Crippen molar-refractivity contribution >= 4 is 28.2 Å². The molecule has 0 fully saturated rings. The smallest absolute Gasteiger partial charge is 0.287 e. The summed E-state index contributed by atoms with van der Waals surface area (Å²) in [6.45, 7) is 0.399. The van der Waals surface area contributed by atoms with E-state index < -0.39 is 5.91 Å². The van der Waals surface area contributed by atoms with Crippen LogP contribution in [0.15, 0.2) is 51.0 Å². The van der Waals surface area contributed by atoms with Crippen molar-refractivity contribution in [2.75, 3.05) is 7.11 Å². The van der Waals surface area contributed by atoms with Gasteiger partial charge in [0.25, 0.3) is 5.91 Å². The third kappa shape index (κ3) is 2.87. The predicted octanol–water partition coefficient (Wildman–Crippen LogP) is 2.79. The van der Waals surface area contributed by atoms with E-state index in [4.69, 9.17) is 9.15 Å². The Balaban J connectivity index is 1.89. The molecule has 22 heavy (non-hydrogen) atoms. The molecule has 1 N–H and O–H groups in total. The van der Waals surface area contributed by atoms with Gasteiger partial charge in [0.2, 0.25) is 0 Å². The predicted molar refractivity (Wildman–Crippen MR) is 84.5 cm³/mol. The number of fused-ring (bicyclic) bond motifs is 1. The van der Waals surface area contributed by atoms with Crippen LogP contribution in [0.2, 0.25) is 0 Å². The fraction of sp³-hybridized carbons (Fsp3) is 0.125. The van der Waals surface area contributed by atoms with Crippen LogP contribution in [-0.2, 0) is 6.54 Å². The Bertz CT molecular complexity index is 867. The second-order valence-electron chi connectivity index (χ2n) is 4.60. The summed E-state index contributed by atoms with van der Waals surface area (Å²) in [4.78, 5) is 25.2. The number of carbonyl (C=O) groups excluding carboxylic acids is 1. The molecule has 0 aliphatic heterocycles. The highest BCUT2D eigenvalue weighted by molar-refractivity contribution is 7.09. The Morgan fingerprint density at radius 3 is 2.91 bits per heavy atom. The van der Waals surface area contributed by atoms with Crippen molar-refractivity contribution < 1.29 is 13.9 Å². The molecule has 5 nitrogen and oxygen atoms in total. The summed E-state index contributed by atoms with van der Waals surface area (Å²) in [7, 11) is 1.52. The normalized spacial score (nSPS) is 10.6. The van der Waals surface area contributed by atoms with Crippen LogP contribution in [0.1, 0.15) is 15.4 Å². The monoisotopic (exact) mass is 315 g/mol. The average Bonchev–Trinajstić information content (AvgIpc) is 3.05. The largest absolute Gasteiger partial charge is 0.497 e. The SMILES string of the molecule is COc1ccc2c(=O)cc(C(=O)NCc3cccs3)oc2c1. The number of methoxy groups -OCH3 is 1. The van der Waals surface area contributed by atoms with E-state index in [1.54, 1.807) is 29.5 Å². The molecule has 2 heterocycles. The van der Waals surface area contributed by atoms with Crippen molar-refractivity contribution in [1.29, 1.82) is 0 Å². The minimum Gasteiger partial charge on any atom is -0.497 e. The van der Waals surface area contributed by atoms with Gasteiger partial charge in [0.15, 0.2) is 11.2 Å². The van der Waals surface area contributed by atoms with E-state index in [0.717, 1.165) is 4.88 Å². The average molecular weight is 315 g/mol. The quantitative estimate of drug-likeness (QED) is 0.804. The molecule has 0 bridgehead atoms. The third-order valence-corrected chi connectivity index (χ3v) is 4.04. The van der Waals surface area contributed by atoms with E-state index in [1.165, 1.54) is 13.2 Å². The number of nitrogens with one attached hydrogen (secondary N) is 1. The van der Waals surface area contributed by atoms with Gasteiger partial charge in [0.1, 0.15) is 11.3 Å². The fourth-order valence-corrected chi connectivity index (χ4v) is 2.69. The van der Waals surface area contributed by atoms with Gasteiger partial charge in [0.05, 0.1) is 19.0 Å². The van der Waals surface area contributed by atoms with Crippen LogP contribution in [0.25, 0.3) is 11.0 Å². The van der Waals surface area contributed by atoms with Crippen LogP contribution < -0.4 is 15.5 Å². The van der Waals surface area contributed by atoms with E-state index >= 15 is 0 Å². The van der Waals surface area contributed by atoms with Crippen LogP contribution in [0, 0.1) is 0 Å². The number of ether oxygens (including phenoxy) is 1. The first kappa shape index (κ1) is 14.3. The van der Waals surface area contributed by atoms with Gasteiger partial charge in [-0.1, -0.05) is 6.07 Å². The summed E-state index contributed by atoms with van der Waals surface area (Å²) in [5.41, 5.74) is 0.0679. The molecule has 3 aromatic rings. The molecule has 0 aliphatic rings. The highest BCUT2D eigenvalue weighted by atomic mass is 32.1. The third-order valence-electron chi connectivity index (χ3n) is 3.16. The second-order valence-corrected chi connectivity index (χ2v) is 5.63. The second kappa shape index (κ2) is 6.03. The molecular weight excluding hydrogens is 302 g/mol. The van der Waals surface area contributed by atoms with Crippen LogP contribution >= 0.6 is 11.3 Å². The summed E-state index contributed by atoms with van der Waals surface area (Å²) in [6, 6.07) is 9.93. The molecule has 0 radical (unpaired) electrons. The van der Waals surface area contributed by atoms with Gasteiger partial charge >= 0.3 is 0 Å². The zero-order valence-electron chi connectivity index (χ0n) is 11.8. The van der Waals surface area contributed by atoms with Crippen LogP contribution in [-0.4, -0.2) is 13.0 Å². The maximum Gasteiger partial charge on any atom is 0.287 e. The minimum absolute atomic E-state index is 0.0118. The molecule has 0 aliphatic carbocycles. The molecule has 2 aromatic heterocycles. The summed E-state index contributed by atoms with van der Waals surface area (Å²) in [5, 5.41) is 5.08. The molecule has 0 unspecified atom stereocenters. The lowest BCUT2D eigenvalue weighted by Crippen LogP contribution is -2.23. The highest BCUT2D eigenvalue weighted by Crippen LogP contribution is 2.19. The number of thiophene rings is 1. The molecule has 3 rings (SSSR count). The van der Waals surface area contributed by atoms with Gasteiger partial charge in [-0.05, 0) is 23.6 Å². The fourth-order valence-electron chi connectivity index (χ4n) is 2.04. The van der Waals surface area contributed by atoms with Crippen LogP contribution in [0.3, 0.4) is 0 Å². The lowest BCUT2D eigenvalue weighted by molar-refractivity contribution is 0.0924. The molecule has 0 spiro atoms. The van der Waals surface area contributed by atoms with Crippen molar-refractivity contribution in [3.05, 3.63) is 62.6 Å². The Morgan fingerprint density at radius 2 is 2.18 bits per heavy atom. The van der Waals surface area contributed by atoms with Gasteiger partial charge in [-0.25, -0.2) is 0 Å². The first-order valence-corrected chi connectivity index (χ1v) is 7.48. The Labute approximate surface area is 130 Å². The molecule has 6 heteroatoms. The van der Waals surface area contributed by atoms with E-state index in [2.05, 4.69) is 5.32 Å². The number of rotatable bonds is 4. The standard InChI is InChI=1S/C16H13NO4S/c1-20-10-4-5-12-13(18)8-15(21-14(12)7-10)16(19)17-9-11-3-2-6-22-11/h2-8H,9H2,1H3,(H,17,19). The molecule has 0 saturated carbocycles. The molecule has 112 valence electrons. The maximum absolute atomic E-state index is 12.1. The van der Waals surface area contributed by atoms with Crippen molar-refractivity contribution in [3.63, 3.8) is 0 Å².